The van der Waals surface area contributed by atoms with Gasteiger partial charge in [0, 0.05) is 12.2 Å². The zero-order valence-corrected chi connectivity index (χ0v) is 13.8. The van der Waals surface area contributed by atoms with Crippen molar-refractivity contribution in [1.29, 1.82) is 0 Å². The maximum Gasteiger partial charge on any atom is 0.0916 e. The minimum atomic E-state index is -0.445. The van der Waals surface area contributed by atoms with E-state index in [9.17, 15) is 5.11 Å². The summed E-state index contributed by atoms with van der Waals surface area (Å²) in [5, 5.41) is 10.3. The van der Waals surface area contributed by atoms with E-state index in [1.165, 1.54) is 0 Å². The van der Waals surface area contributed by atoms with Crippen molar-refractivity contribution in [1.82, 2.24) is 9.80 Å². The van der Waals surface area contributed by atoms with Crippen LogP contribution < -0.4 is 5.73 Å². The summed E-state index contributed by atoms with van der Waals surface area (Å²) in [6.45, 7) is 12.6. The van der Waals surface area contributed by atoms with Gasteiger partial charge in [-0.3, -0.25) is 0 Å². The zero-order chi connectivity index (χ0) is 15.7. The molecule has 0 aliphatic heterocycles. The summed E-state index contributed by atoms with van der Waals surface area (Å²) in [5.41, 5.74) is 7.35. The smallest absolute Gasteiger partial charge is 0.0916 e. The van der Waals surface area contributed by atoms with Crippen LogP contribution in [0.1, 0.15) is 38.9 Å². The third kappa shape index (κ3) is 6.46. The van der Waals surface area contributed by atoms with Crippen molar-refractivity contribution in [2.45, 2.75) is 33.3 Å². The number of hydrogen-bond acceptors (Lipinski definition) is 4. The lowest BCUT2D eigenvalue weighted by Gasteiger charge is -2.25. The summed E-state index contributed by atoms with van der Waals surface area (Å²) in [7, 11) is 0. The van der Waals surface area contributed by atoms with Gasteiger partial charge >= 0.3 is 0 Å². The standard InChI is InChI=1S/C17H31N3O/c1-4-19(5-2)12-7-13-20(6-3)14-17(21)15-8-10-16(18)11-9-15/h8-11,17,21H,4-7,12-14,18H2,1-3H3. The van der Waals surface area contributed by atoms with Gasteiger partial charge in [-0.2, -0.15) is 0 Å². The Morgan fingerprint density at radius 1 is 0.952 bits per heavy atom. The van der Waals surface area contributed by atoms with Crippen LogP contribution in [0.2, 0.25) is 0 Å². The topological polar surface area (TPSA) is 52.7 Å². The molecule has 0 aliphatic carbocycles. The monoisotopic (exact) mass is 293 g/mol. The number of nitrogens with zero attached hydrogens (tertiary/aromatic N) is 2. The second-order valence-electron chi connectivity index (χ2n) is 5.46. The minimum absolute atomic E-state index is 0.445. The highest BCUT2D eigenvalue weighted by atomic mass is 16.3. The number of hydrogen-bond donors (Lipinski definition) is 2. The van der Waals surface area contributed by atoms with Crippen LogP contribution in [-0.2, 0) is 0 Å². The normalized spacial score (nSPS) is 13.0. The summed E-state index contributed by atoms with van der Waals surface area (Å²) in [5.74, 6) is 0. The molecule has 120 valence electrons. The van der Waals surface area contributed by atoms with Crippen LogP contribution in [0.4, 0.5) is 5.69 Å². The molecule has 1 rings (SSSR count). The summed E-state index contributed by atoms with van der Waals surface area (Å²) in [6, 6.07) is 7.50. The van der Waals surface area contributed by atoms with Gasteiger partial charge in [-0.1, -0.05) is 32.9 Å². The maximum atomic E-state index is 10.3. The number of nitrogen functional groups attached to an aromatic ring is 1. The van der Waals surface area contributed by atoms with Crippen LogP contribution >= 0.6 is 0 Å². The summed E-state index contributed by atoms with van der Waals surface area (Å²) in [4.78, 5) is 4.74. The molecule has 3 N–H and O–H groups in total. The van der Waals surface area contributed by atoms with Gasteiger partial charge in [0.05, 0.1) is 6.10 Å². The lowest BCUT2D eigenvalue weighted by atomic mass is 10.1. The fourth-order valence-corrected chi connectivity index (χ4v) is 2.50. The van der Waals surface area contributed by atoms with Crippen molar-refractivity contribution in [3.8, 4) is 0 Å². The second kappa shape index (κ2) is 9.77. The summed E-state index contributed by atoms with van der Waals surface area (Å²) >= 11 is 0. The number of benzene rings is 1. The van der Waals surface area contributed by atoms with Gasteiger partial charge in [-0.15, -0.1) is 0 Å². The number of rotatable bonds is 10. The number of anilines is 1. The molecule has 1 atom stereocenters. The first-order valence-corrected chi connectivity index (χ1v) is 8.08. The first-order chi connectivity index (χ1) is 10.1. The van der Waals surface area contributed by atoms with Gasteiger partial charge in [-0.25, -0.2) is 0 Å². The van der Waals surface area contributed by atoms with Crippen LogP contribution in [0, 0.1) is 0 Å². The fraction of sp³-hybridized carbons (Fsp3) is 0.647. The Hall–Kier alpha value is -1.10. The number of aliphatic hydroxyl groups is 1. The average Bonchev–Trinajstić information content (AvgIpc) is 2.50. The lowest BCUT2D eigenvalue weighted by Crippen LogP contribution is -2.32. The first-order valence-electron chi connectivity index (χ1n) is 8.08. The van der Waals surface area contributed by atoms with Crippen molar-refractivity contribution < 1.29 is 5.11 Å². The molecular formula is C17H31N3O. The molecule has 0 saturated carbocycles. The molecule has 1 aromatic rings. The highest BCUT2D eigenvalue weighted by Gasteiger charge is 2.12. The van der Waals surface area contributed by atoms with E-state index in [2.05, 4.69) is 30.6 Å². The van der Waals surface area contributed by atoms with Crippen molar-refractivity contribution in [2.75, 3.05) is 45.0 Å². The zero-order valence-electron chi connectivity index (χ0n) is 13.8. The van der Waals surface area contributed by atoms with Gasteiger partial charge in [0.25, 0.3) is 0 Å². The lowest BCUT2D eigenvalue weighted by molar-refractivity contribution is 0.113. The molecule has 0 bridgehead atoms. The molecule has 4 heteroatoms. The molecule has 0 radical (unpaired) electrons. The van der Waals surface area contributed by atoms with Crippen LogP contribution in [0.5, 0.6) is 0 Å². The Morgan fingerprint density at radius 2 is 1.48 bits per heavy atom. The number of nitrogens with two attached hydrogens (primary N) is 1. The Labute approximate surface area is 129 Å². The van der Waals surface area contributed by atoms with Gasteiger partial charge < -0.3 is 20.6 Å². The molecule has 4 nitrogen and oxygen atoms in total. The van der Waals surface area contributed by atoms with E-state index >= 15 is 0 Å². The fourth-order valence-electron chi connectivity index (χ4n) is 2.50. The molecule has 0 aliphatic rings. The van der Waals surface area contributed by atoms with Gasteiger partial charge in [0.1, 0.15) is 0 Å². The van der Waals surface area contributed by atoms with Gasteiger partial charge in [0.2, 0.25) is 0 Å². The highest BCUT2D eigenvalue weighted by molar-refractivity contribution is 5.39. The van der Waals surface area contributed by atoms with E-state index < -0.39 is 6.10 Å². The van der Waals surface area contributed by atoms with E-state index in [1.807, 2.05) is 24.3 Å². The predicted octanol–water partition coefficient (Wildman–Crippen LogP) is 2.36. The molecular weight excluding hydrogens is 262 g/mol. The average molecular weight is 293 g/mol. The molecule has 0 saturated heterocycles. The first kappa shape index (κ1) is 18.0. The summed E-state index contributed by atoms with van der Waals surface area (Å²) < 4.78 is 0. The molecule has 0 amide bonds. The third-order valence-corrected chi connectivity index (χ3v) is 4.04. The predicted molar refractivity (Wildman–Crippen MR) is 90.3 cm³/mol. The molecule has 0 aromatic heterocycles. The van der Waals surface area contributed by atoms with Crippen LogP contribution in [0.15, 0.2) is 24.3 Å². The van der Waals surface area contributed by atoms with Crippen molar-refractivity contribution in [2.24, 2.45) is 0 Å². The maximum absolute atomic E-state index is 10.3. The Kier molecular flexibility index (Phi) is 8.35. The Balaban J connectivity index is 2.40. The number of likely N-dealkylation sites (N-methyl/N-ethyl adjacent to an activating group) is 1. The van der Waals surface area contributed by atoms with Crippen molar-refractivity contribution in [3.63, 3.8) is 0 Å². The van der Waals surface area contributed by atoms with Crippen LogP contribution in [0.25, 0.3) is 0 Å². The Bertz CT molecular complexity index is 376. The van der Waals surface area contributed by atoms with Crippen LogP contribution in [-0.4, -0.2) is 54.2 Å². The minimum Gasteiger partial charge on any atom is -0.399 e. The van der Waals surface area contributed by atoms with Crippen LogP contribution in [0.3, 0.4) is 0 Å². The van der Waals surface area contributed by atoms with E-state index in [0.717, 1.165) is 50.4 Å². The largest absolute Gasteiger partial charge is 0.399 e. The van der Waals surface area contributed by atoms with Gasteiger partial charge in [-0.05, 0) is 56.8 Å². The molecule has 0 fully saturated rings. The van der Waals surface area contributed by atoms with Crippen molar-refractivity contribution >= 4 is 5.69 Å². The number of aliphatic hydroxyl groups excluding tert-OH is 1. The van der Waals surface area contributed by atoms with Gasteiger partial charge in [0.15, 0.2) is 0 Å². The van der Waals surface area contributed by atoms with E-state index in [4.69, 9.17) is 5.73 Å². The molecule has 1 unspecified atom stereocenters. The molecule has 0 spiro atoms. The van der Waals surface area contributed by atoms with E-state index in [0.29, 0.717) is 6.54 Å². The highest BCUT2D eigenvalue weighted by Crippen LogP contribution is 2.16. The quantitative estimate of drug-likeness (QED) is 0.650. The van der Waals surface area contributed by atoms with E-state index in [-0.39, 0.29) is 0 Å². The third-order valence-electron chi connectivity index (χ3n) is 4.04. The molecule has 1 aromatic carbocycles. The molecule has 21 heavy (non-hydrogen) atoms. The summed E-state index contributed by atoms with van der Waals surface area (Å²) in [6.07, 6.45) is 0.697. The van der Waals surface area contributed by atoms with Crippen molar-refractivity contribution in [3.05, 3.63) is 29.8 Å². The van der Waals surface area contributed by atoms with E-state index in [1.54, 1.807) is 0 Å². The SMILES string of the molecule is CCN(CC)CCCN(CC)CC(O)c1ccc(N)cc1. The second-order valence-corrected chi connectivity index (χ2v) is 5.46. The molecule has 0 heterocycles. The Morgan fingerprint density at radius 3 is 2.00 bits per heavy atom.